The molecule has 3 heteroatoms. The Labute approximate surface area is 64.9 Å². The molecule has 0 amide bonds. The number of hydrazone groups is 1. The number of hydrogen-bond acceptors (Lipinski definition) is 3. The summed E-state index contributed by atoms with van der Waals surface area (Å²) in [4.78, 5) is 0. The van der Waals surface area contributed by atoms with E-state index in [4.69, 9.17) is 4.74 Å². The highest BCUT2D eigenvalue weighted by atomic mass is 16.5. The summed E-state index contributed by atoms with van der Waals surface area (Å²) in [5.74, 6) is 0. The van der Waals surface area contributed by atoms with Gasteiger partial charge in [-0.05, 0) is 12.1 Å². The van der Waals surface area contributed by atoms with Gasteiger partial charge < -0.3 is 4.74 Å². The Morgan fingerprint density at radius 3 is 2.64 bits per heavy atom. The van der Waals surface area contributed by atoms with Crippen molar-refractivity contribution in [3.05, 3.63) is 37.1 Å². The maximum absolute atomic E-state index is 4.82. The number of benzene rings is 1. The van der Waals surface area contributed by atoms with Crippen LogP contribution in [-0.4, -0.2) is 6.40 Å². The zero-order chi connectivity index (χ0) is 7.52. The molecule has 1 aliphatic rings. The third-order valence-electron chi connectivity index (χ3n) is 1.41. The molecule has 0 atom stereocenters. The smallest absolute Gasteiger partial charge is 0.250 e. The van der Waals surface area contributed by atoms with E-state index in [1.807, 2.05) is 30.3 Å². The van der Waals surface area contributed by atoms with Gasteiger partial charge >= 0.3 is 0 Å². The molecule has 0 N–H and O–H groups in total. The summed E-state index contributed by atoms with van der Waals surface area (Å²) in [6, 6.07) is 9.79. The monoisotopic (exact) mass is 147 g/mol. The molecular weight excluding hydrogens is 140 g/mol. The van der Waals surface area contributed by atoms with Crippen molar-refractivity contribution >= 4 is 12.1 Å². The van der Waals surface area contributed by atoms with Gasteiger partial charge in [-0.2, -0.15) is 0 Å². The van der Waals surface area contributed by atoms with E-state index in [0.717, 1.165) is 5.69 Å². The Bertz CT molecular complexity index is 258. The Morgan fingerprint density at radius 2 is 2.00 bits per heavy atom. The Hall–Kier alpha value is -1.51. The molecule has 0 bridgehead atoms. The number of nitrogens with zero attached hydrogens (tertiary/aromatic N) is 2. The van der Waals surface area contributed by atoms with Gasteiger partial charge in [0.25, 0.3) is 6.73 Å². The van der Waals surface area contributed by atoms with Crippen molar-refractivity contribution in [1.29, 1.82) is 0 Å². The van der Waals surface area contributed by atoms with E-state index in [9.17, 15) is 0 Å². The zero-order valence-electron chi connectivity index (χ0n) is 5.84. The van der Waals surface area contributed by atoms with Crippen LogP contribution in [0.4, 0.5) is 5.69 Å². The van der Waals surface area contributed by atoms with Gasteiger partial charge in [0.15, 0.2) is 6.40 Å². The number of ether oxygens (including phenoxy) is 1. The molecule has 1 heterocycles. The number of para-hydroxylation sites is 1. The second kappa shape index (κ2) is 2.62. The van der Waals surface area contributed by atoms with Crippen molar-refractivity contribution in [2.45, 2.75) is 0 Å². The molecule has 0 aromatic heterocycles. The van der Waals surface area contributed by atoms with Crippen LogP contribution < -0.4 is 5.01 Å². The summed E-state index contributed by atoms with van der Waals surface area (Å²) < 4.78 is 4.82. The van der Waals surface area contributed by atoms with E-state index >= 15 is 0 Å². The fourth-order valence-electron chi connectivity index (χ4n) is 0.898. The van der Waals surface area contributed by atoms with Crippen LogP contribution in [0.5, 0.6) is 0 Å². The van der Waals surface area contributed by atoms with E-state index in [-0.39, 0.29) is 0 Å². The summed E-state index contributed by atoms with van der Waals surface area (Å²) in [6.07, 6.45) is 1.40. The molecule has 0 unspecified atom stereocenters. The predicted molar refractivity (Wildman–Crippen MR) is 42.8 cm³/mol. The first-order valence-corrected chi connectivity index (χ1v) is 3.32. The van der Waals surface area contributed by atoms with Crippen molar-refractivity contribution in [3.63, 3.8) is 0 Å². The molecule has 55 valence electrons. The first-order chi connectivity index (χ1) is 5.47. The molecular formula is C8H7N2O. The molecule has 0 fully saturated rings. The van der Waals surface area contributed by atoms with Crippen molar-refractivity contribution in [2.24, 2.45) is 5.10 Å². The van der Waals surface area contributed by atoms with Gasteiger partial charge in [0.2, 0.25) is 0 Å². The molecule has 0 saturated heterocycles. The lowest BCUT2D eigenvalue weighted by atomic mass is 10.3. The van der Waals surface area contributed by atoms with Crippen LogP contribution in [0.1, 0.15) is 0 Å². The Balaban J connectivity index is 2.23. The van der Waals surface area contributed by atoms with Crippen LogP contribution in [0, 0.1) is 6.73 Å². The van der Waals surface area contributed by atoms with Crippen LogP contribution in [-0.2, 0) is 4.74 Å². The maximum atomic E-state index is 4.82. The van der Waals surface area contributed by atoms with Gasteiger partial charge in [-0.25, -0.2) is 5.01 Å². The summed E-state index contributed by atoms with van der Waals surface area (Å²) >= 11 is 0. The van der Waals surface area contributed by atoms with Crippen LogP contribution in [0.3, 0.4) is 0 Å². The van der Waals surface area contributed by atoms with Gasteiger partial charge in [-0.15, -0.1) is 5.10 Å². The number of rotatable bonds is 1. The van der Waals surface area contributed by atoms with Crippen LogP contribution in [0.15, 0.2) is 35.4 Å². The Morgan fingerprint density at radius 1 is 1.18 bits per heavy atom. The van der Waals surface area contributed by atoms with Crippen LogP contribution in [0.25, 0.3) is 0 Å². The molecule has 2 rings (SSSR count). The second-order valence-corrected chi connectivity index (χ2v) is 2.14. The minimum Gasteiger partial charge on any atom is -0.450 e. The van der Waals surface area contributed by atoms with Crippen molar-refractivity contribution < 1.29 is 4.74 Å². The largest absolute Gasteiger partial charge is 0.450 e. The quantitative estimate of drug-likeness (QED) is 0.602. The minimum atomic E-state index is 1.00. The van der Waals surface area contributed by atoms with E-state index in [1.54, 1.807) is 11.7 Å². The summed E-state index contributed by atoms with van der Waals surface area (Å²) in [5, 5.41) is 5.60. The zero-order valence-corrected chi connectivity index (χ0v) is 5.84. The minimum absolute atomic E-state index is 1.00. The fraction of sp³-hybridized carbons (Fsp3) is 0. The average Bonchev–Trinajstić information content (AvgIpc) is 2.58. The molecule has 1 aliphatic heterocycles. The molecule has 3 nitrogen and oxygen atoms in total. The van der Waals surface area contributed by atoms with Gasteiger partial charge in [-0.1, -0.05) is 18.2 Å². The number of hydrogen-bond donors (Lipinski definition) is 0. The highest BCUT2D eigenvalue weighted by Gasteiger charge is 2.08. The average molecular weight is 147 g/mol. The van der Waals surface area contributed by atoms with Gasteiger partial charge in [-0.3, -0.25) is 0 Å². The van der Waals surface area contributed by atoms with Crippen molar-refractivity contribution in [2.75, 3.05) is 5.01 Å². The predicted octanol–water partition coefficient (Wildman–Crippen LogP) is 1.59. The summed E-state index contributed by atoms with van der Waals surface area (Å²) in [7, 11) is 0. The molecule has 1 radical (unpaired) electrons. The molecule has 0 aliphatic carbocycles. The van der Waals surface area contributed by atoms with E-state index < -0.39 is 0 Å². The topological polar surface area (TPSA) is 24.8 Å². The molecule has 0 spiro atoms. The number of anilines is 1. The molecule has 11 heavy (non-hydrogen) atoms. The van der Waals surface area contributed by atoms with E-state index in [2.05, 4.69) is 5.10 Å². The lowest BCUT2D eigenvalue weighted by Crippen LogP contribution is -2.06. The maximum Gasteiger partial charge on any atom is 0.250 e. The fourth-order valence-corrected chi connectivity index (χ4v) is 0.898. The SMILES string of the molecule is [CH]1OC=NN1c1ccccc1. The van der Waals surface area contributed by atoms with Crippen LogP contribution in [0.2, 0.25) is 0 Å². The summed E-state index contributed by atoms with van der Waals surface area (Å²) in [5.41, 5.74) is 1.00. The third-order valence-corrected chi connectivity index (χ3v) is 1.41. The highest BCUT2D eigenvalue weighted by molar-refractivity contribution is 5.58. The van der Waals surface area contributed by atoms with Crippen molar-refractivity contribution in [3.8, 4) is 0 Å². The lowest BCUT2D eigenvalue weighted by Gasteiger charge is -2.08. The molecule has 1 aromatic carbocycles. The third kappa shape index (κ3) is 1.17. The molecule has 0 saturated carbocycles. The van der Waals surface area contributed by atoms with Crippen molar-refractivity contribution in [1.82, 2.24) is 0 Å². The van der Waals surface area contributed by atoms with Crippen LogP contribution >= 0.6 is 0 Å². The highest BCUT2D eigenvalue weighted by Crippen LogP contribution is 2.17. The van der Waals surface area contributed by atoms with E-state index in [0.29, 0.717) is 0 Å². The normalized spacial score (nSPS) is 15.1. The first kappa shape index (κ1) is 6.22. The van der Waals surface area contributed by atoms with E-state index in [1.165, 1.54) is 6.40 Å². The first-order valence-electron chi connectivity index (χ1n) is 3.32. The lowest BCUT2D eigenvalue weighted by molar-refractivity contribution is 0.434. The van der Waals surface area contributed by atoms with Gasteiger partial charge in [0.1, 0.15) is 0 Å². The standard InChI is InChI=1S/C8H7N2O/c1-2-4-8(5-3-1)10-7-11-6-9-10/h1-7H. The van der Waals surface area contributed by atoms with Gasteiger partial charge in [0.05, 0.1) is 5.69 Å². The Kier molecular flexibility index (Phi) is 1.48. The van der Waals surface area contributed by atoms with Gasteiger partial charge in [0, 0.05) is 0 Å². The molecule has 1 aromatic rings. The summed E-state index contributed by atoms with van der Waals surface area (Å²) in [6.45, 7) is 1.55. The second-order valence-electron chi connectivity index (χ2n) is 2.14.